The number of hydrogen-bond donors (Lipinski definition) is 0. The van der Waals surface area contributed by atoms with E-state index in [1.54, 1.807) is 19.4 Å². The SMILES string of the molecule is [2H]c1c([2H])c([2H])c(-c2ccnc(-c3cc(-c4cccc5c4nc(-c4cc(C)cc(C)c4OC)n5-c4cc(-c5ccccc5)cc(C(C)(C)C)c4)cc(C(C)(C)C)c3)c2)c([2H])c1[2H]. The summed E-state index contributed by atoms with van der Waals surface area (Å²) >= 11 is 0. The fourth-order valence-corrected chi connectivity index (χ4v) is 7.64. The molecule has 0 atom stereocenters. The molecule has 0 aliphatic rings. The van der Waals surface area contributed by atoms with Crippen molar-refractivity contribution in [3.63, 3.8) is 0 Å². The maximum atomic E-state index is 8.67. The van der Waals surface area contributed by atoms with E-state index in [0.29, 0.717) is 11.3 Å². The lowest BCUT2D eigenvalue weighted by atomic mass is 9.83. The van der Waals surface area contributed by atoms with Crippen molar-refractivity contribution in [2.24, 2.45) is 0 Å². The van der Waals surface area contributed by atoms with Crippen LogP contribution in [0.15, 0.2) is 146 Å². The van der Waals surface area contributed by atoms with Gasteiger partial charge >= 0.3 is 0 Å². The molecule has 8 aromatic rings. The van der Waals surface area contributed by atoms with Crippen LogP contribution in [-0.4, -0.2) is 21.6 Å². The van der Waals surface area contributed by atoms with Gasteiger partial charge in [-0.2, -0.15) is 0 Å². The molecule has 284 valence electrons. The highest BCUT2D eigenvalue weighted by Gasteiger charge is 2.25. The van der Waals surface area contributed by atoms with E-state index in [4.69, 9.17) is 21.6 Å². The van der Waals surface area contributed by atoms with Crippen molar-refractivity contribution >= 4 is 11.0 Å². The van der Waals surface area contributed by atoms with E-state index < -0.39 is 6.04 Å². The lowest BCUT2D eigenvalue weighted by molar-refractivity contribution is 0.413. The van der Waals surface area contributed by atoms with Gasteiger partial charge in [0.2, 0.25) is 0 Å². The summed E-state index contributed by atoms with van der Waals surface area (Å²) in [6, 6.07) is 36.3. The number of aromatic nitrogens is 3. The number of imidazole rings is 1. The first-order chi connectivity index (χ1) is 29.3. The van der Waals surface area contributed by atoms with Crippen molar-refractivity contribution in [1.82, 2.24) is 14.5 Å². The minimum atomic E-state index is -0.421. The van der Waals surface area contributed by atoms with Crippen molar-refractivity contribution in [3.05, 3.63) is 168 Å². The molecule has 4 nitrogen and oxygen atoms in total. The van der Waals surface area contributed by atoms with Gasteiger partial charge in [-0.1, -0.05) is 132 Å². The van der Waals surface area contributed by atoms with Gasteiger partial charge in [0.15, 0.2) is 0 Å². The van der Waals surface area contributed by atoms with Gasteiger partial charge in [0.05, 0.1) is 36.3 Å². The number of nitrogens with zero attached hydrogens (tertiary/aromatic N) is 3. The van der Waals surface area contributed by atoms with E-state index in [9.17, 15) is 0 Å². The van der Waals surface area contributed by atoms with Crippen LogP contribution < -0.4 is 4.74 Å². The highest BCUT2D eigenvalue weighted by Crippen LogP contribution is 2.42. The number of methoxy groups -OCH3 is 1. The van der Waals surface area contributed by atoms with Crippen molar-refractivity contribution < 1.29 is 11.6 Å². The zero-order chi connectivity index (χ0) is 44.4. The molecule has 2 aromatic heterocycles. The number of benzene rings is 6. The van der Waals surface area contributed by atoms with Crippen molar-refractivity contribution in [2.45, 2.75) is 66.2 Å². The zero-order valence-electron chi connectivity index (χ0n) is 39.2. The average Bonchev–Trinajstić information content (AvgIpc) is 3.64. The van der Waals surface area contributed by atoms with Gasteiger partial charge in [-0.3, -0.25) is 9.55 Å². The van der Waals surface area contributed by atoms with Crippen LogP contribution in [0.4, 0.5) is 0 Å². The Kier molecular flexibility index (Phi) is 8.21. The van der Waals surface area contributed by atoms with E-state index in [0.717, 1.165) is 78.4 Å². The Labute approximate surface area is 344 Å². The molecule has 0 saturated carbocycles. The predicted octanol–water partition coefficient (Wildman–Crippen LogP) is 14.0. The van der Waals surface area contributed by atoms with Crippen molar-refractivity contribution in [3.8, 4) is 67.5 Å². The molecular formula is C53H51N3O. The van der Waals surface area contributed by atoms with Gasteiger partial charge in [-0.25, -0.2) is 4.98 Å². The first-order valence-electron chi connectivity index (χ1n) is 21.9. The Morgan fingerprint density at radius 2 is 1.30 bits per heavy atom. The molecule has 6 aromatic carbocycles. The Balaban J connectivity index is 1.41. The number of ether oxygens (including phenoxy) is 1. The largest absolute Gasteiger partial charge is 0.496 e. The molecule has 0 bridgehead atoms. The lowest BCUT2D eigenvalue weighted by Crippen LogP contribution is -2.12. The minimum absolute atomic E-state index is 0.141. The Morgan fingerprint density at radius 3 is 2.02 bits per heavy atom. The number of hydrogen-bond acceptors (Lipinski definition) is 3. The van der Waals surface area contributed by atoms with Crippen LogP contribution >= 0.6 is 0 Å². The van der Waals surface area contributed by atoms with Gasteiger partial charge < -0.3 is 4.74 Å². The molecule has 8 rings (SSSR count). The fraction of sp³-hybridized carbons (Fsp3) is 0.208. The van der Waals surface area contributed by atoms with Gasteiger partial charge in [0.25, 0.3) is 0 Å². The van der Waals surface area contributed by atoms with Crippen LogP contribution in [0.2, 0.25) is 0 Å². The molecule has 0 radical (unpaired) electrons. The van der Waals surface area contributed by atoms with E-state index in [-0.39, 0.29) is 40.6 Å². The first kappa shape index (κ1) is 31.9. The summed E-state index contributed by atoms with van der Waals surface area (Å²) in [5, 5.41) is 0. The minimum Gasteiger partial charge on any atom is -0.496 e. The number of rotatable bonds is 7. The van der Waals surface area contributed by atoms with Crippen LogP contribution in [0, 0.1) is 13.8 Å². The molecular weight excluding hydrogens is 695 g/mol. The highest BCUT2D eigenvalue weighted by atomic mass is 16.5. The van der Waals surface area contributed by atoms with Crippen molar-refractivity contribution in [2.75, 3.05) is 7.11 Å². The first-order valence-corrected chi connectivity index (χ1v) is 19.4. The summed E-state index contributed by atoms with van der Waals surface area (Å²) < 4.78 is 50.5. The van der Waals surface area contributed by atoms with Gasteiger partial charge in [0.1, 0.15) is 11.6 Å². The third kappa shape index (κ3) is 7.40. The maximum absolute atomic E-state index is 8.67. The second-order valence-corrected chi connectivity index (χ2v) is 17.0. The third-order valence-corrected chi connectivity index (χ3v) is 10.7. The van der Waals surface area contributed by atoms with E-state index in [1.807, 2.05) is 12.1 Å². The number of fused-ring (bicyclic) bond motifs is 1. The van der Waals surface area contributed by atoms with Crippen LogP contribution in [0.5, 0.6) is 5.75 Å². The quantitative estimate of drug-likeness (QED) is 0.163. The average molecular weight is 751 g/mol. The second-order valence-electron chi connectivity index (χ2n) is 17.0. The predicted molar refractivity (Wildman–Crippen MR) is 239 cm³/mol. The highest BCUT2D eigenvalue weighted by molar-refractivity contribution is 5.97. The molecule has 0 amide bonds. The number of aryl methyl sites for hydroxylation is 2. The van der Waals surface area contributed by atoms with Crippen LogP contribution in [0.1, 0.15) is 70.7 Å². The van der Waals surface area contributed by atoms with E-state index >= 15 is 0 Å². The zero-order valence-corrected chi connectivity index (χ0v) is 34.2. The summed E-state index contributed by atoms with van der Waals surface area (Å²) in [7, 11) is 1.72. The van der Waals surface area contributed by atoms with E-state index in [2.05, 4.69) is 151 Å². The number of pyridine rings is 1. The second kappa shape index (κ2) is 14.7. The molecule has 0 fully saturated rings. The molecule has 57 heavy (non-hydrogen) atoms. The van der Waals surface area contributed by atoms with Crippen LogP contribution in [-0.2, 0) is 10.8 Å². The molecule has 0 aliphatic heterocycles. The monoisotopic (exact) mass is 750 g/mol. The summed E-state index contributed by atoms with van der Waals surface area (Å²) in [4.78, 5) is 10.4. The van der Waals surface area contributed by atoms with Crippen LogP contribution in [0.3, 0.4) is 0 Å². The summed E-state index contributed by atoms with van der Waals surface area (Å²) in [5.74, 6) is 1.53. The Hall–Kier alpha value is -6.26. The lowest BCUT2D eigenvalue weighted by Gasteiger charge is -2.23. The molecule has 0 saturated heterocycles. The third-order valence-electron chi connectivity index (χ3n) is 10.7. The van der Waals surface area contributed by atoms with E-state index in [1.165, 1.54) is 5.56 Å². The normalized spacial score (nSPS) is 13.2. The van der Waals surface area contributed by atoms with Crippen LogP contribution in [0.25, 0.3) is 72.7 Å². The molecule has 0 unspecified atom stereocenters. The summed E-state index contributed by atoms with van der Waals surface area (Å²) in [6.07, 6.45) is 1.64. The standard InChI is InChI=1S/C53H51N3O/c1-34-25-35(2)50(57-9)46(26-34)51-55-49-45(21-16-22-48(49)56(51)44-31-39(37-19-14-11-15-20-37)28-43(33-44)53(6,7)8)40-27-41(30-42(29-40)52(3,4)5)47-32-38(23-24-54-47)36-17-12-10-13-18-36/h10-33H,1-9H3/i10D,12D,13D,17D,18D. The maximum Gasteiger partial charge on any atom is 0.149 e. The molecule has 0 N–H and O–H groups in total. The molecule has 2 heterocycles. The Bertz CT molecular complexity index is 3020. The summed E-state index contributed by atoms with van der Waals surface area (Å²) in [6.45, 7) is 17.4. The topological polar surface area (TPSA) is 39.9 Å². The Morgan fingerprint density at radius 1 is 0.596 bits per heavy atom. The molecule has 0 aliphatic carbocycles. The van der Waals surface area contributed by atoms with Crippen molar-refractivity contribution in [1.29, 1.82) is 0 Å². The smallest absolute Gasteiger partial charge is 0.149 e. The summed E-state index contributed by atoms with van der Waals surface area (Å²) in [5.41, 5.74) is 13.9. The molecule has 0 spiro atoms. The van der Waals surface area contributed by atoms with Gasteiger partial charge in [-0.05, 0) is 123 Å². The van der Waals surface area contributed by atoms with Gasteiger partial charge in [-0.15, -0.1) is 0 Å². The number of para-hydroxylation sites is 1. The molecule has 4 heteroatoms. The van der Waals surface area contributed by atoms with Gasteiger partial charge in [0, 0.05) is 23.0 Å². The fourth-order valence-electron chi connectivity index (χ4n) is 7.64.